The van der Waals surface area contributed by atoms with E-state index in [2.05, 4.69) is 10.4 Å². The van der Waals surface area contributed by atoms with Crippen LogP contribution >= 0.6 is 34.8 Å². The van der Waals surface area contributed by atoms with Gasteiger partial charge in [-0.05, 0) is 66.3 Å². The third-order valence-corrected chi connectivity index (χ3v) is 11.9. The molecule has 4 aromatic rings. The zero-order valence-corrected chi connectivity index (χ0v) is 30.1. The fourth-order valence-corrected chi connectivity index (χ4v) is 9.39. The average molecular weight is 796 g/mol. The molecule has 276 valence electrons. The van der Waals surface area contributed by atoms with Crippen LogP contribution in [-0.2, 0) is 37.3 Å². The van der Waals surface area contributed by atoms with Gasteiger partial charge >= 0.3 is 6.18 Å². The van der Waals surface area contributed by atoms with Crippen molar-refractivity contribution in [2.24, 2.45) is 23.7 Å². The number of likely N-dealkylation sites (tertiary alicyclic amines) is 1. The molecule has 2 aliphatic carbocycles. The Hall–Kier alpha value is -4.91. The molecule has 0 spiro atoms. The van der Waals surface area contributed by atoms with Gasteiger partial charge in [0.25, 0.3) is 11.8 Å². The van der Waals surface area contributed by atoms with Gasteiger partial charge in [-0.25, -0.2) is 4.98 Å². The summed E-state index contributed by atoms with van der Waals surface area (Å²) < 4.78 is 40.4. The number of carbonyl (C=O) groups excluding carboxylic acids is 4. The number of nitrogens with zero attached hydrogens (tertiary/aromatic N) is 3. The molecule has 3 heterocycles. The van der Waals surface area contributed by atoms with E-state index in [0.717, 1.165) is 5.56 Å². The molecule has 6 atom stereocenters. The average Bonchev–Trinajstić information content (AvgIpc) is 3.51. The first-order valence-electron chi connectivity index (χ1n) is 16.9. The maximum atomic E-state index is 15.2. The van der Waals surface area contributed by atoms with Gasteiger partial charge in [-0.15, -0.1) is 0 Å². The largest absolute Gasteiger partial charge is 0.508 e. The summed E-state index contributed by atoms with van der Waals surface area (Å²) in [6.45, 7) is 0.0558. The van der Waals surface area contributed by atoms with Gasteiger partial charge < -0.3 is 5.11 Å². The molecule has 0 bridgehead atoms. The van der Waals surface area contributed by atoms with E-state index < -0.39 is 69.5 Å². The second-order valence-corrected chi connectivity index (χ2v) is 15.2. The van der Waals surface area contributed by atoms with Gasteiger partial charge in [-0.1, -0.05) is 88.9 Å². The van der Waals surface area contributed by atoms with Gasteiger partial charge in [0.05, 0.1) is 40.3 Å². The van der Waals surface area contributed by atoms with Crippen molar-refractivity contribution in [1.29, 1.82) is 0 Å². The monoisotopic (exact) mass is 794 g/mol. The zero-order valence-electron chi connectivity index (χ0n) is 27.9. The number of carbonyl (C=O) groups is 4. The lowest BCUT2D eigenvalue weighted by molar-refractivity contribution is -0.142. The maximum Gasteiger partial charge on any atom is 0.417 e. The van der Waals surface area contributed by atoms with Crippen LogP contribution in [0.2, 0.25) is 15.1 Å². The minimum Gasteiger partial charge on any atom is -0.508 e. The van der Waals surface area contributed by atoms with Gasteiger partial charge in [0.2, 0.25) is 11.8 Å². The fraction of sp³-hybridized carbons (Fsp3) is 0.256. The second kappa shape index (κ2) is 13.1. The first-order chi connectivity index (χ1) is 25.7. The molecule has 1 saturated carbocycles. The smallest absolute Gasteiger partial charge is 0.417 e. The molecule has 4 amide bonds. The Bertz CT molecular complexity index is 2270. The number of alkyl halides is 3. The standard InChI is InChI=1S/C39H28Cl3F3N4O5/c40-22-8-6-20(7-9-22)38-28(35(52)49(37(38)54)47-33-29(42)14-21(17-46-33)39(43,44)45)16-26-24(32(38)27-15-23(41)10-13-30(27)50)11-12-25-31(26)36(53)48(34(25)51)18-19-4-2-1-3-5-19/h1-11,13-15,17,25-26,28,31-32,50H,12,16,18H2,(H,46,47). The van der Waals surface area contributed by atoms with Gasteiger partial charge in [-0.3, -0.25) is 29.5 Å². The third kappa shape index (κ3) is 5.56. The molecule has 3 aromatic carbocycles. The number of phenolic OH excluding ortho intramolecular Hbond substituents is 1. The number of imide groups is 2. The first-order valence-corrected chi connectivity index (χ1v) is 18.1. The van der Waals surface area contributed by atoms with E-state index in [9.17, 15) is 32.7 Å². The molecule has 2 aliphatic heterocycles. The number of phenols is 1. The summed E-state index contributed by atoms with van der Waals surface area (Å²) >= 11 is 19.1. The first kappa shape index (κ1) is 36.1. The quantitative estimate of drug-likeness (QED) is 0.150. The van der Waals surface area contributed by atoms with Crippen molar-refractivity contribution < 1.29 is 37.5 Å². The molecular weight excluding hydrogens is 768 g/mol. The van der Waals surface area contributed by atoms with Crippen LogP contribution in [0.15, 0.2) is 96.7 Å². The fourth-order valence-electron chi connectivity index (χ4n) is 8.87. The number of amides is 4. The Morgan fingerprint density at radius 3 is 2.26 bits per heavy atom. The van der Waals surface area contributed by atoms with Crippen molar-refractivity contribution in [1.82, 2.24) is 14.9 Å². The van der Waals surface area contributed by atoms with Crippen molar-refractivity contribution in [2.75, 3.05) is 5.43 Å². The van der Waals surface area contributed by atoms with Crippen LogP contribution in [0.1, 0.15) is 41.0 Å². The van der Waals surface area contributed by atoms with E-state index in [1.165, 1.54) is 23.1 Å². The Morgan fingerprint density at radius 1 is 0.870 bits per heavy atom. The number of hydrogen-bond donors (Lipinski definition) is 2. The topological polar surface area (TPSA) is 120 Å². The minimum absolute atomic E-state index is 0.0558. The van der Waals surface area contributed by atoms with E-state index >= 15 is 4.79 Å². The number of hydrogen-bond acceptors (Lipinski definition) is 7. The molecule has 2 saturated heterocycles. The number of anilines is 1. The van der Waals surface area contributed by atoms with Crippen LogP contribution < -0.4 is 5.43 Å². The predicted octanol–water partition coefficient (Wildman–Crippen LogP) is 7.95. The molecule has 1 aromatic heterocycles. The van der Waals surface area contributed by atoms with Crippen molar-refractivity contribution in [3.05, 3.63) is 134 Å². The van der Waals surface area contributed by atoms with Gasteiger partial charge in [0, 0.05) is 27.7 Å². The Morgan fingerprint density at radius 2 is 1.57 bits per heavy atom. The lowest BCUT2D eigenvalue weighted by atomic mass is 9.49. The number of allylic oxidation sites excluding steroid dienone is 2. The summed E-state index contributed by atoms with van der Waals surface area (Å²) in [5.74, 6) is -7.68. The molecule has 9 nitrogen and oxygen atoms in total. The lowest BCUT2D eigenvalue weighted by Gasteiger charge is -2.50. The second-order valence-electron chi connectivity index (χ2n) is 13.9. The molecule has 2 N–H and O–H groups in total. The number of nitrogens with one attached hydrogen (secondary N) is 1. The van der Waals surface area contributed by atoms with E-state index in [0.29, 0.717) is 33.4 Å². The Balaban J connectivity index is 1.30. The highest BCUT2D eigenvalue weighted by molar-refractivity contribution is 6.33. The highest BCUT2D eigenvalue weighted by Crippen LogP contribution is 2.65. The lowest BCUT2D eigenvalue weighted by Crippen LogP contribution is -2.53. The number of halogens is 6. The summed E-state index contributed by atoms with van der Waals surface area (Å²) in [5.41, 5.74) is 1.49. The predicted molar refractivity (Wildman–Crippen MR) is 192 cm³/mol. The van der Waals surface area contributed by atoms with Crippen LogP contribution in [-0.4, -0.2) is 43.6 Å². The zero-order chi connectivity index (χ0) is 38.3. The van der Waals surface area contributed by atoms with Crippen LogP contribution in [0.5, 0.6) is 5.75 Å². The van der Waals surface area contributed by atoms with Crippen LogP contribution in [0.25, 0.3) is 0 Å². The van der Waals surface area contributed by atoms with Crippen LogP contribution in [0, 0.1) is 23.7 Å². The van der Waals surface area contributed by atoms with E-state index in [1.54, 1.807) is 24.3 Å². The van der Waals surface area contributed by atoms with E-state index in [4.69, 9.17) is 34.8 Å². The number of aromatic hydroxyl groups is 1. The molecule has 6 unspecified atom stereocenters. The van der Waals surface area contributed by atoms with E-state index in [-0.39, 0.29) is 47.4 Å². The van der Waals surface area contributed by atoms with Crippen molar-refractivity contribution in [3.8, 4) is 5.75 Å². The number of rotatable bonds is 6. The molecule has 3 fully saturated rings. The van der Waals surface area contributed by atoms with Crippen LogP contribution in [0.3, 0.4) is 0 Å². The maximum absolute atomic E-state index is 15.2. The Kier molecular flexibility index (Phi) is 8.78. The summed E-state index contributed by atoms with van der Waals surface area (Å²) in [5, 5.41) is 12.2. The number of fused-ring (bicyclic) bond motifs is 4. The number of hydrazine groups is 1. The highest BCUT2D eigenvalue weighted by atomic mass is 35.5. The van der Waals surface area contributed by atoms with Crippen molar-refractivity contribution in [3.63, 3.8) is 0 Å². The van der Waals surface area contributed by atoms with Crippen LogP contribution in [0.4, 0.5) is 19.0 Å². The van der Waals surface area contributed by atoms with E-state index in [1.807, 2.05) is 36.4 Å². The van der Waals surface area contributed by atoms with Gasteiger partial charge in [-0.2, -0.15) is 18.2 Å². The van der Waals surface area contributed by atoms with Crippen molar-refractivity contribution >= 4 is 64.2 Å². The summed E-state index contributed by atoms with van der Waals surface area (Å²) in [6, 6.07) is 20.3. The molecule has 4 aliphatic rings. The third-order valence-electron chi connectivity index (χ3n) is 11.1. The molecule has 15 heteroatoms. The molecular formula is C39H28Cl3F3N4O5. The molecule has 8 rings (SSSR count). The summed E-state index contributed by atoms with van der Waals surface area (Å²) in [4.78, 5) is 63.3. The number of aromatic nitrogens is 1. The number of pyridine rings is 1. The van der Waals surface area contributed by atoms with Crippen molar-refractivity contribution in [2.45, 2.75) is 36.9 Å². The summed E-state index contributed by atoms with van der Waals surface area (Å²) in [7, 11) is 0. The SMILES string of the molecule is O=C1C2CC=C3C(CC4C(=O)N(Nc5ncc(C(F)(F)F)cc5Cl)C(=O)C4(c4ccc(Cl)cc4)C3c3cc(Cl)ccc3O)C2C(=O)N1Cc1ccccc1. The van der Waals surface area contributed by atoms with Gasteiger partial charge in [0.1, 0.15) is 5.75 Å². The number of benzene rings is 3. The molecule has 0 radical (unpaired) electrons. The van der Waals surface area contributed by atoms with Gasteiger partial charge in [0.15, 0.2) is 5.82 Å². The normalized spacial score (nSPS) is 26.4. The highest BCUT2D eigenvalue weighted by Gasteiger charge is 2.70. The minimum atomic E-state index is -4.76. The Labute approximate surface area is 321 Å². The molecule has 54 heavy (non-hydrogen) atoms. The summed E-state index contributed by atoms with van der Waals surface area (Å²) in [6.07, 6.45) is -2.32.